The van der Waals surface area contributed by atoms with E-state index >= 15 is 0 Å². The summed E-state index contributed by atoms with van der Waals surface area (Å²) in [5.41, 5.74) is 2.29. The summed E-state index contributed by atoms with van der Waals surface area (Å²) in [6, 6.07) is 15.1. The Morgan fingerprint density at radius 1 is 1.14 bits per heavy atom. The minimum atomic E-state index is -0.216. The zero-order valence-electron chi connectivity index (χ0n) is 16.0. The van der Waals surface area contributed by atoms with Crippen LogP contribution in [0.2, 0.25) is 0 Å². The van der Waals surface area contributed by atoms with Gasteiger partial charge in [-0.25, -0.2) is 4.68 Å². The molecule has 1 amide bonds. The van der Waals surface area contributed by atoms with E-state index in [-0.39, 0.29) is 18.5 Å². The quantitative estimate of drug-likeness (QED) is 0.645. The van der Waals surface area contributed by atoms with Crippen molar-refractivity contribution in [2.75, 3.05) is 32.8 Å². The molecule has 3 rings (SSSR count). The Labute approximate surface area is 163 Å². The summed E-state index contributed by atoms with van der Waals surface area (Å²) in [5, 5.41) is 7.22. The lowest BCUT2D eigenvalue weighted by molar-refractivity contribution is -0.119. The minimum absolute atomic E-state index is 0.00251. The van der Waals surface area contributed by atoms with Gasteiger partial charge in [-0.3, -0.25) is 4.79 Å². The number of benzene rings is 2. The average Bonchev–Trinajstić information content (AvgIpc) is 3.13. The van der Waals surface area contributed by atoms with Gasteiger partial charge in [0.1, 0.15) is 12.4 Å². The van der Waals surface area contributed by atoms with Crippen molar-refractivity contribution in [2.24, 2.45) is 0 Å². The number of nitrogens with zero attached hydrogens (tertiary/aromatic N) is 3. The molecule has 3 aromatic rings. The molecule has 0 saturated heterocycles. The molecule has 2 aromatic carbocycles. The fourth-order valence-electron chi connectivity index (χ4n) is 2.63. The molecule has 0 aliphatic carbocycles. The first-order chi connectivity index (χ1) is 13.6. The van der Waals surface area contributed by atoms with Crippen molar-refractivity contribution in [1.29, 1.82) is 0 Å². The number of hydrogen-bond donors (Lipinski definition) is 1. The topological polar surface area (TPSA) is 87.5 Å². The highest BCUT2D eigenvalue weighted by molar-refractivity contribution is 5.91. The zero-order chi connectivity index (χ0) is 19.9. The van der Waals surface area contributed by atoms with Crippen molar-refractivity contribution in [3.63, 3.8) is 0 Å². The van der Waals surface area contributed by atoms with Crippen LogP contribution in [0, 0.1) is 0 Å². The van der Waals surface area contributed by atoms with E-state index in [9.17, 15) is 4.79 Å². The van der Waals surface area contributed by atoms with Crippen LogP contribution < -0.4 is 14.8 Å². The van der Waals surface area contributed by atoms with Gasteiger partial charge in [-0.15, -0.1) is 5.10 Å². The van der Waals surface area contributed by atoms with E-state index in [1.165, 1.54) is 7.11 Å². The first-order valence-corrected chi connectivity index (χ1v) is 8.78. The highest BCUT2D eigenvalue weighted by Gasteiger charge is 2.15. The summed E-state index contributed by atoms with van der Waals surface area (Å²) >= 11 is 0. The van der Waals surface area contributed by atoms with Crippen molar-refractivity contribution in [1.82, 2.24) is 14.8 Å². The Morgan fingerprint density at radius 2 is 1.93 bits per heavy atom. The molecular weight excluding hydrogens is 360 g/mol. The maximum atomic E-state index is 11.7. The van der Waals surface area contributed by atoms with Gasteiger partial charge in [0.05, 0.1) is 19.4 Å². The molecule has 0 spiro atoms. The maximum absolute atomic E-state index is 11.7. The molecule has 0 bridgehead atoms. The monoisotopic (exact) mass is 382 g/mol. The number of amides is 1. The van der Waals surface area contributed by atoms with E-state index in [1.54, 1.807) is 23.9 Å². The molecule has 146 valence electrons. The first-order valence-electron chi connectivity index (χ1n) is 8.78. The second-order valence-corrected chi connectivity index (χ2v) is 5.82. The summed E-state index contributed by atoms with van der Waals surface area (Å²) < 4.78 is 17.3. The third kappa shape index (κ3) is 4.47. The summed E-state index contributed by atoms with van der Waals surface area (Å²) in [4.78, 5) is 16.2. The van der Waals surface area contributed by atoms with Gasteiger partial charge in [-0.1, -0.05) is 12.1 Å². The minimum Gasteiger partial charge on any atom is -0.497 e. The van der Waals surface area contributed by atoms with Crippen LogP contribution in [-0.4, -0.2) is 48.1 Å². The molecule has 0 aliphatic rings. The van der Waals surface area contributed by atoms with Crippen LogP contribution in [0.5, 0.6) is 11.8 Å². The molecule has 1 N–H and O–H groups in total. The van der Waals surface area contributed by atoms with Crippen LogP contribution in [0.4, 0.5) is 5.69 Å². The van der Waals surface area contributed by atoms with E-state index < -0.39 is 0 Å². The first kappa shape index (κ1) is 19.4. The molecule has 8 heteroatoms. The van der Waals surface area contributed by atoms with E-state index in [4.69, 9.17) is 14.2 Å². The van der Waals surface area contributed by atoms with Crippen LogP contribution in [0.15, 0.2) is 48.5 Å². The number of rotatable bonds is 8. The smallest absolute Gasteiger partial charge is 0.336 e. The van der Waals surface area contributed by atoms with Gasteiger partial charge >= 0.3 is 6.01 Å². The van der Waals surface area contributed by atoms with Gasteiger partial charge in [0, 0.05) is 18.4 Å². The van der Waals surface area contributed by atoms with E-state index in [0.717, 1.165) is 17.0 Å². The van der Waals surface area contributed by atoms with Crippen LogP contribution in [-0.2, 0) is 9.53 Å². The number of anilines is 1. The van der Waals surface area contributed by atoms with Crippen molar-refractivity contribution in [2.45, 2.75) is 6.92 Å². The van der Waals surface area contributed by atoms with Gasteiger partial charge in [-0.05, 0) is 43.3 Å². The van der Waals surface area contributed by atoms with Gasteiger partial charge in [0.2, 0.25) is 5.91 Å². The number of carbonyl (C=O) groups is 1. The molecule has 0 fully saturated rings. The molecule has 0 radical (unpaired) electrons. The van der Waals surface area contributed by atoms with E-state index in [1.807, 2.05) is 43.3 Å². The lowest BCUT2D eigenvalue weighted by Crippen LogP contribution is -2.17. The summed E-state index contributed by atoms with van der Waals surface area (Å²) in [6.45, 7) is 2.35. The molecule has 1 aromatic heterocycles. The van der Waals surface area contributed by atoms with Gasteiger partial charge in [-0.2, -0.15) is 4.98 Å². The van der Waals surface area contributed by atoms with Crippen LogP contribution in [0.1, 0.15) is 6.92 Å². The predicted octanol–water partition coefficient (Wildman–Crippen LogP) is 2.93. The normalized spacial score (nSPS) is 10.5. The molecule has 1 heterocycles. The molecule has 0 saturated carbocycles. The molecule has 28 heavy (non-hydrogen) atoms. The SMILES string of the molecule is CCOc1nc(-c2cccc(OC)c2)n(-c2ccc(NC(=O)COC)cc2)n1. The van der Waals surface area contributed by atoms with Crippen LogP contribution in [0.3, 0.4) is 0 Å². The van der Waals surface area contributed by atoms with Crippen molar-refractivity contribution in [3.8, 4) is 28.8 Å². The van der Waals surface area contributed by atoms with Gasteiger partial charge in [0.15, 0.2) is 5.82 Å². The zero-order valence-corrected chi connectivity index (χ0v) is 16.0. The van der Waals surface area contributed by atoms with Crippen molar-refractivity contribution in [3.05, 3.63) is 48.5 Å². The Morgan fingerprint density at radius 3 is 2.61 bits per heavy atom. The predicted molar refractivity (Wildman–Crippen MR) is 105 cm³/mol. The van der Waals surface area contributed by atoms with Gasteiger partial charge < -0.3 is 19.5 Å². The summed E-state index contributed by atoms with van der Waals surface area (Å²) in [5.74, 6) is 1.13. The standard InChI is InChI=1S/C20H22N4O4/c1-4-28-20-22-19(14-6-5-7-17(12-14)27-3)24(23-20)16-10-8-15(9-11-16)21-18(25)13-26-2/h5-12H,4,13H2,1-3H3,(H,21,25). The summed E-state index contributed by atoms with van der Waals surface area (Å²) in [6.07, 6.45) is 0. The Balaban J connectivity index is 1.95. The number of hydrogen-bond acceptors (Lipinski definition) is 6. The lowest BCUT2D eigenvalue weighted by Gasteiger charge is -2.09. The van der Waals surface area contributed by atoms with Crippen LogP contribution in [0.25, 0.3) is 17.1 Å². The Bertz CT molecular complexity index is 938. The largest absolute Gasteiger partial charge is 0.497 e. The van der Waals surface area contributed by atoms with Gasteiger partial charge in [0.25, 0.3) is 0 Å². The molecule has 0 unspecified atom stereocenters. The van der Waals surface area contributed by atoms with E-state index in [0.29, 0.717) is 18.1 Å². The maximum Gasteiger partial charge on any atom is 0.336 e. The lowest BCUT2D eigenvalue weighted by atomic mass is 10.2. The Hall–Kier alpha value is -3.39. The second-order valence-electron chi connectivity index (χ2n) is 5.82. The number of methoxy groups -OCH3 is 2. The number of nitrogens with one attached hydrogen (secondary N) is 1. The van der Waals surface area contributed by atoms with Crippen molar-refractivity contribution < 1.29 is 19.0 Å². The highest BCUT2D eigenvalue weighted by atomic mass is 16.5. The summed E-state index contributed by atoms with van der Waals surface area (Å²) in [7, 11) is 3.09. The number of ether oxygens (including phenoxy) is 3. The fourth-order valence-corrected chi connectivity index (χ4v) is 2.63. The molecular formula is C20H22N4O4. The molecule has 8 nitrogen and oxygen atoms in total. The average molecular weight is 382 g/mol. The molecule has 0 atom stereocenters. The fraction of sp³-hybridized carbons (Fsp3) is 0.250. The van der Waals surface area contributed by atoms with Crippen molar-refractivity contribution >= 4 is 11.6 Å². The van der Waals surface area contributed by atoms with Crippen LogP contribution >= 0.6 is 0 Å². The third-order valence-corrected chi connectivity index (χ3v) is 3.86. The van der Waals surface area contributed by atoms with E-state index in [2.05, 4.69) is 15.4 Å². The second kappa shape index (κ2) is 9.01. The number of carbonyl (C=O) groups excluding carboxylic acids is 1. The highest BCUT2D eigenvalue weighted by Crippen LogP contribution is 2.27. The third-order valence-electron chi connectivity index (χ3n) is 3.86. The Kier molecular flexibility index (Phi) is 6.23. The number of aromatic nitrogens is 3. The molecule has 0 aliphatic heterocycles.